The Hall–Kier alpha value is -1.75. The van der Waals surface area contributed by atoms with Crippen molar-refractivity contribution >= 4 is 27.2 Å². The van der Waals surface area contributed by atoms with E-state index in [1.807, 2.05) is 13.8 Å². The molecule has 2 aromatic rings. The van der Waals surface area contributed by atoms with Crippen molar-refractivity contribution in [2.75, 3.05) is 0 Å². The summed E-state index contributed by atoms with van der Waals surface area (Å²) in [5.41, 5.74) is 0.666. The van der Waals surface area contributed by atoms with Gasteiger partial charge in [-0.3, -0.25) is 4.79 Å². The van der Waals surface area contributed by atoms with Crippen molar-refractivity contribution in [3.8, 4) is 0 Å². The van der Waals surface area contributed by atoms with Crippen molar-refractivity contribution in [3.05, 3.63) is 45.6 Å². The van der Waals surface area contributed by atoms with Gasteiger partial charge < -0.3 is 5.11 Å². The fourth-order valence-corrected chi connectivity index (χ4v) is 5.51. The molecule has 1 aliphatic rings. The van der Waals surface area contributed by atoms with Gasteiger partial charge in [-0.1, -0.05) is 13.8 Å². The summed E-state index contributed by atoms with van der Waals surface area (Å²) in [6, 6.07) is 2.84. The predicted octanol–water partition coefficient (Wildman–Crippen LogP) is 4.12. The third-order valence-electron chi connectivity index (χ3n) is 4.83. The molecule has 3 rings (SSSR count). The van der Waals surface area contributed by atoms with Gasteiger partial charge in [0, 0.05) is 0 Å². The van der Waals surface area contributed by atoms with Gasteiger partial charge in [0.2, 0.25) is 5.95 Å². The lowest BCUT2D eigenvalue weighted by molar-refractivity contribution is -0.117. The molecule has 1 amide bonds. The molecule has 1 aromatic carbocycles. The summed E-state index contributed by atoms with van der Waals surface area (Å²) in [4.78, 5) is 16.2. The van der Waals surface area contributed by atoms with E-state index < -0.39 is 31.6 Å². The number of carbonyl (C=O) groups is 1. The first-order chi connectivity index (χ1) is 13.8. The summed E-state index contributed by atoms with van der Waals surface area (Å²) in [7, 11) is -3.89. The summed E-state index contributed by atoms with van der Waals surface area (Å²) in [6.45, 7) is 6.59. The third kappa shape index (κ3) is 4.93. The Morgan fingerprint density at radius 2 is 2.03 bits per heavy atom. The zero-order valence-corrected chi connectivity index (χ0v) is 18.9. The fourth-order valence-electron chi connectivity index (χ4n) is 3.26. The minimum absolute atomic E-state index is 0.0209. The van der Waals surface area contributed by atoms with Crippen molar-refractivity contribution in [1.82, 2.24) is 4.98 Å². The highest BCUT2D eigenvalue weighted by Gasteiger charge is 2.31. The number of benzene rings is 1. The van der Waals surface area contributed by atoms with E-state index in [1.54, 1.807) is 0 Å². The second kappa shape index (κ2) is 8.07. The Bertz CT molecular complexity index is 1090. The van der Waals surface area contributed by atoms with Gasteiger partial charge in [-0.2, -0.15) is 4.39 Å². The maximum absolute atomic E-state index is 14.2. The molecule has 3 N–H and O–H groups in total. The number of aliphatic hydroxyl groups is 1. The molecule has 1 aliphatic carbocycles. The summed E-state index contributed by atoms with van der Waals surface area (Å²) >= 11 is 0.618. The van der Waals surface area contributed by atoms with Crippen molar-refractivity contribution in [1.29, 1.82) is 0 Å². The van der Waals surface area contributed by atoms with Crippen LogP contribution in [0.1, 0.15) is 74.1 Å². The largest absolute Gasteiger partial charge is 0.383 e. The molecule has 1 atom stereocenters. The topological polar surface area (TPSA) is 106 Å². The maximum atomic E-state index is 14.2. The van der Waals surface area contributed by atoms with Crippen LogP contribution in [0.3, 0.4) is 0 Å². The minimum atomic E-state index is -3.89. The van der Waals surface area contributed by atoms with E-state index >= 15 is 0 Å². The van der Waals surface area contributed by atoms with E-state index in [0.717, 1.165) is 18.4 Å². The summed E-state index contributed by atoms with van der Waals surface area (Å²) in [6.07, 6.45) is 1.63. The quantitative estimate of drug-likeness (QED) is 0.681. The van der Waals surface area contributed by atoms with Gasteiger partial charge in [0.1, 0.15) is 16.4 Å². The first-order valence-electron chi connectivity index (χ1n) is 9.58. The standard InChI is InChI=1S/C20H25F2N3O3S2/c1-10(2)13-7-12(21)8-14(11-5-6-11)15(13)9-16(26)25-30(23,28)18-17(22)24-19(29-18)20(3,4)27/h7-8,10-11,27H,5-6,9H2,1-4H3,(H2,23,25,26,28). The average Bonchev–Trinajstić information content (AvgIpc) is 3.35. The summed E-state index contributed by atoms with van der Waals surface area (Å²) < 4.78 is 44.3. The van der Waals surface area contributed by atoms with Crippen LogP contribution in [-0.2, 0) is 26.7 Å². The minimum Gasteiger partial charge on any atom is -0.383 e. The van der Waals surface area contributed by atoms with Crippen molar-refractivity contribution in [2.24, 2.45) is 9.50 Å². The van der Waals surface area contributed by atoms with E-state index in [1.165, 1.54) is 26.0 Å². The Kier molecular flexibility index (Phi) is 6.16. The Labute approximate surface area is 178 Å². The van der Waals surface area contributed by atoms with Crippen LogP contribution in [0, 0.1) is 11.8 Å². The molecular weight excluding hydrogens is 432 g/mol. The van der Waals surface area contributed by atoms with Gasteiger partial charge in [-0.15, -0.1) is 15.7 Å². The molecule has 30 heavy (non-hydrogen) atoms. The second-order valence-corrected chi connectivity index (χ2v) is 11.4. The molecule has 0 bridgehead atoms. The molecule has 0 saturated heterocycles. The summed E-state index contributed by atoms with van der Waals surface area (Å²) in [5, 5.41) is 15.7. The number of rotatable bonds is 6. The first-order valence-corrected chi connectivity index (χ1v) is 12.0. The SMILES string of the molecule is CC(C)c1cc(F)cc(C2CC2)c1CC(=O)N=S(N)(=O)c1sc(C(C)(C)O)nc1F. The lowest BCUT2D eigenvalue weighted by Crippen LogP contribution is -2.17. The zero-order chi connectivity index (χ0) is 22.4. The molecule has 0 radical (unpaired) electrons. The van der Waals surface area contributed by atoms with Crippen molar-refractivity contribution < 1.29 is 22.9 Å². The number of thiazole rings is 1. The normalized spacial score (nSPS) is 16.6. The Morgan fingerprint density at radius 1 is 1.40 bits per heavy atom. The van der Waals surface area contributed by atoms with Gasteiger partial charge in [-0.25, -0.2) is 18.7 Å². The van der Waals surface area contributed by atoms with Gasteiger partial charge >= 0.3 is 0 Å². The Morgan fingerprint density at radius 3 is 2.53 bits per heavy atom. The smallest absolute Gasteiger partial charge is 0.259 e. The fraction of sp³-hybridized carbons (Fsp3) is 0.500. The van der Waals surface area contributed by atoms with E-state index in [0.29, 0.717) is 22.5 Å². The maximum Gasteiger partial charge on any atom is 0.259 e. The molecule has 1 saturated carbocycles. The number of carbonyl (C=O) groups excluding carboxylic acids is 1. The number of hydrogen-bond acceptors (Lipinski definition) is 5. The third-order valence-corrected chi connectivity index (χ3v) is 8.11. The number of nitrogens with zero attached hydrogens (tertiary/aromatic N) is 2. The summed E-state index contributed by atoms with van der Waals surface area (Å²) in [5.74, 6) is -2.10. The van der Waals surface area contributed by atoms with Gasteiger partial charge in [0.15, 0.2) is 14.1 Å². The Balaban J connectivity index is 1.98. The first kappa shape index (κ1) is 22.9. The van der Waals surface area contributed by atoms with Crippen LogP contribution in [-0.4, -0.2) is 20.2 Å². The van der Waals surface area contributed by atoms with E-state index in [4.69, 9.17) is 5.14 Å². The predicted molar refractivity (Wildman–Crippen MR) is 112 cm³/mol. The highest BCUT2D eigenvalue weighted by Crippen LogP contribution is 2.44. The number of halogens is 2. The van der Waals surface area contributed by atoms with Crippen LogP contribution in [0.15, 0.2) is 20.7 Å². The number of hydrogen-bond donors (Lipinski definition) is 2. The van der Waals surface area contributed by atoms with Crippen molar-refractivity contribution in [3.63, 3.8) is 0 Å². The number of nitrogens with two attached hydrogens (primary N) is 1. The second-order valence-electron chi connectivity index (χ2n) is 8.38. The van der Waals surface area contributed by atoms with Crippen LogP contribution in [0.2, 0.25) is 0 Å². The molecule has 10 heteroatoms. The monoisotopic (exact) mass is 457 g/mol. The molecule has 6 nitrogen and oxygen atoms in total. The molecule has 0 spiro atoms. The zero-order valence-electron chi connectivity index (χ0n) is 17.2. The van der Waals surface area contributed by atoms with Gasteiger partial charge in [-0.05, 0) is 67.3 Å². The van der Waals surface area contributed by atoms with E-state index in [-0.39, 0.29) is 29.1 Å². The van der Waals surface area contributed by atoms with Crippen molar-refractivity contribution in [2.45, 2.75) is 68.6 Å². The van der Waals surface area contributed by atoms with Crippen LogP contribution >= 0.6 is 11.3 Å². The van der Waals surface area contributed by atoms with Crippen LogP contribution in [0.4, 0.5) is 8.78 Å². The molecule has 0 aliphatic heterocycles. The van der Waals surface area contributed by atoms with Crippen LogP contribution in [0.25, 0.3) is 0 Å². The van der Waals surface area contributed by atoms with Gasteiger partial charge in [0.25, 0.3) is 5.91 Å². The van der Waals surface area contributed by atoms with Crippen LogP contribution in [0.5, 0.6) is 0 Å². The number of amides is 1. The van der Waals surface area contributed by atoms with E-state index in [2.05, 4.69) is 9.35 Å². The molecule has 1 heterocycles. The van der Waals surface area contributed by atoms with E-state index in [9.17, 15) is 22.9 Å². The van der Waals surface area contributed by atoms with Crippen LogP contribution < -0.4 is 5.14 Å². The number of aromatic nitrogens is 1. The average molecular weight is 458 g/mol. The molecule has 1 unspecified atom stereocenters. The highest BCUT2D eigenvalue weighted by atomic mass is 32.2. The molecule has 1 aromatic heterocycles. The molecule has 1 fully saturated rings. The molecule has 164 valence electrons. The lowest BCUT2D eigenvalue weighted by Gasteiger charge is -2.17. The van der Waals surface area contributed by atoms with Gasteiger partial charge in [0.05, 0.1) is 6.42 Å². The lowest BCUT2D eigenvalue weighted by atomic mass is 9.89. The highest BCUT2D eigenvalue weighted by molar-refractivity contribution is 7.93. The molecular formula is C20H25F2N3O3S2.